The van der Waals surface area contributed by atoms with E-state index in [9.17, 15) is 14.9 Å². The number of nitrogens with zero attached hydrogens (tertiary/aromatic N) is 1. The lowest BCUT2D eigenvalue weighted by molar-refractivity contribution is -0.383. The molecule has 0 bridgehead atoms. The molecule has 0 aliphatic carbocycles. The van der Waals surface area contributed by atoms with Gasteiger partial charge in [0, 0.05) is 19.5 Å². The fourth-order valence-corrected chi connectivity index (χ4v) is 2.19. The highest BCUT2D eigenvalue weighted by Crippen LogP contribution is 2.33. The predicted octanol–water partition coefficient (Wildman–Crippen LogP) is 1.72. The number of nitro benzene ring substituents is 1. The van der Waals surface area contributed by atoms with Gasteiger partial charge in [-0.1, -0.05) is 13.0 Å². The lowest BCUT2D eigenvalue weighted by atomic mass is 10.2. The average molecular weight is 278 g/mol. The van der Waals surface area contributed by atoms with E-state index in [1.54, 1.807) is 18.2 Å². The summed E-state index contributed by atoms with van der Waals surface area (Å²) >= 11 is 0. The Kier molecular flexibility index (Phi) is 4.39. The van der Waals surface area contributed by atoms with Crippen molar-refractivity contribution in [2.75, 3.05) is 23.7 Å². The van der Waals surface area contributed by atoms with Gasteiger partial charge in [0.1, 0.15) is 11.4 Å². The number of nitrogens with one attached hydrogen (secondary N) is 3. The van der Waals surface area contributed by atoms with E-state index in [4.69, 9.17) is 0 Å². The van der Waals surface area contributed by atoms with Gasteiger partial charge in [0.25, 0.3) is 0 Å². The molecule has 2 rings (SSSR count). The molecular weight excluding hydrogens is 260 g/mol. The van der Waals surface area contributed by atoms with E-state index < -0.39 is 4.92 Å². The SMILES string of the molecule is CCCNc1cccc(NC2CNC(=O)C2)c1[N+](=O)[O-]. The van der Waals surface area contributed by atoms with Crippen molar-refractivity contribution in [1.82, 2.24) is 5.32 Å². The fraction of sp³-hybridized carbons (Fsp3) is 0.462. The summed E-state index contributed by atoms with van der Waals surface area (Å²) < 4.78 is 0. The Morgan fingerprint density at radius 1 is 1.45 bits per heavy atom. The van der Waals surface area contributed by atoms with Crippen LogP contribution in [0.25, 0.3) is 0 Å². The fourth-order valence-electron chi connectivity index (χ4n) is 2.19. The molecule has 0 radical (unpaired) electrons. The normalized spacial score (nSPS) is 17.6. The lowest BCUT2D eigenvalue weighted by Gasteiger charge is -2.14. The van der Waals surface area contributed by atoms with Crippen molar-refractivity contribution in [3.05, 3.63) is 28.3 Å². The zero-order valence-electron chi connectivity index (χ0n) is 11.3. The molecular formula is C13H18N4O3. The van der Waals surface area contributed by atoms with Crippen LogP contribution in [-0.2, 0) is 4.79 Å². The van der Waals surface area contributed by atoms with Crippen LogP contribution in [-0.4, -0.2) is 30.0 Å². The highest BCUT2D eigenvalue weighted by molar-refractivity contribution is 5.81. The zero-order valence-corrected chi connectivity index (χ0v) is 11.3. The highest BCUT2D eigenvalue weighted by Gasteiger charge is 2.25. The Balaban J connectivity index is 2.22. The largest absolute Gasteiger partial charge is 0.379 e. The predicted molar refractivity (Wildman–Crippen MR) is 76.9 cm³/mol. The molecule has 1 aromatic carbocycles. The monoisotopic (exact) mass is 278 g/mol. The molecule has 1 atom stereocenters. The third kappa shape index (κ3) is 3.17. The van der Waals surface area contributed by atoms with E-state index in [0.29, 0.717) is 30.9 Å². The van der Waals surface area contributed by atoms with E-state index in [0.717, 1.165) is 6.42 Å². The summed E-state index contributed by atoms with van der Waals surface area (Å²) in [6.45, 7) is 3.16. The molecule has 20 heavy (non-hydrogen) atoms. The van der Waals surface area contributed by atoms with E-state index in [1.165, 1.54) is 0 Å². The van der Waals surface area contributed by atoms with Crippen molar-refractivity contribution in [1.29, 1.82) is 0 Å². The van der Waals surface area contributed by atoms with Crippen LogP contribution in [0.15, 0.2) is 18.2 Å². The van der Waals surface area contributed by atoms with E-state index in [1.807, 2.05) is 6.92 Å². The Morgan fingerprint density at radius 2 is 2.20 bits per heavy atom. The molecule has 0 spiro atoms. The minimum Gasteiger partial charge on any atom is -0.379 e. The van der Waals surface area contributed by atoms with Gasteiger partial charge in [0.15, 0.2) is 0 Å². The van der Waals surface area contributed by atoms with Crippen molar-refractivity contribution >= 4 is 23.0 Å². The van der Waals surface area contributed by atoms with Gasteiger partial charge in [-0.15, -0.1) is 0 Å². The van der Waals surface area contributed by atoms with Gasteiger partial charge in [0.05, 0.1) is 11.0 Å². The first-order valence-electron chi connectivity index (χ1n) is 6.66. The van der Waals surface area contributed by atoms with Crippen LogP contribution >= 0.6 is 0 Å². The maximum atomic E-state index is 11.3. The zero-order chi connectivity index (χ0) is 14.5. The maximum Gasteiger partial charge on any atom is 0.315 e. The molecule has 7 nitrogen and oxygen atoms in total. The van der Waals surface area contributed by atoms with Gasteiger partial charge in [-0.05, 0) is 18.6 Å². The molecule has 1 aromatic rings. The Morgan fingerprint density at radius 3 is 2.80 bits per heavy atom. The Labute approximate surface area is 116 Å². The third-order valence-corrected chi connectivity index (χ3v) is 3.12. The minimum atomic E-state index is -0.398. The number of hydrogen-bond donors (Lipinski definition) is 3. The number of para-hydroxylation sites is 1. The standard InChI is InChI=1S/C13H18N4O3/c1-2-6-14-10-4-3-5-11(13(10)17(19)20)16-9-7-12(18)15-8-9/h3-5,9,14,16H,2,6-8H2,1H3,(H,15,18). The van der Waals surface area contributed by atoms with Crippen molar-refractivity contribution in [3.63, 3.8) is 0 Å². The molecule has 1 amide bonds. The van der Waals surface area contributed by atoms with Crippen LogP contribution in [0.3, 0.4) is 0 Å². The number of benzene rings is 1. The molecule has 1 unspecified atom stereocenters. The van der Waals surface area contributed by atoms with E-state index in [2.05, 4.69) is 16.0 Å². The number of amides is 1. The Hall–Kier alpha value is -2.31. The summed E-state index contributed by atoms with van der Waals surface area (Å²) in [6, 6.07) is 5.01. The van der Waals surface area contributed by atoms with Gasteiger partial charge in [-0.2, -0.15) is 0 Å². The molecule has 1 heterocycles. The molecule has 108 valence electrons. The summed E-state index contributed by atoms with van der Waals surface area (Å²) in [7, 11) is 0. The van der Waals surface area contributed by atoms with Crippen molar-refractivity contribution in [3.8, 4) is 0 Å². The van der Waals surface area contributed by atoms with E-state index >= 15 is 0 Å². The highest BCUT2D eigenvalue weighted by atomic mass is 16.6. The van der Waals surface area contributed by atoms with E-state index in [-0.39, 0.29) is 17.6 Å². The quantitative estimate of drug-likeness (QED) is 0.544. The number of hydrogen-bond acceptors (Lipinski definition) is 5. The summed E-state index contributed by atoms with van der Waals surface area (Å²) in [4.78, 5) is 22.1. The summed E-state index contributed by atoms with van der Waals surface area (Å²) in [5, 5.41) is 20.1. The smallest absolute Gasteiger partial charge is 0.315 e. The van der Waals surface area contributed by atoms with Crippen molar-refractivity contribution < 1.29 is 9.72 Å². The number of carbonyl (C=O) groups excluding carboxylic acids is 1. The molecule has 0 saturated carbocycles. The van der Waals surface area contributed by atoms with Gasteiger partial charge in [-0.3, -0.25) is 14.9 Å². The first-order chi connectivity index (χ1) is 9.61. The second-order valence-corrected chi connectivity index (χ2v) is 4.74. The van der Waals surface area contributed by atoms with Crippen LogP contribution in [0.5, 0.6) is 0 Å². The number of nitro groups is 1. The first-order valence-corrected chi connectivity index (χ1v) is 6.66. The van der Waals surface area contributed by atoms with Crippen molar-refractivity contribution in [2.24, 2.45) is 0 Å². The number of rotatable bonds is 6. The first kappa shape index (κ1) is 14.1. The molecule has 1 aliphatic heterocycles. The van der Waals surface area contributed by atoms with Crippen LogP contribution in [0.1, 0.15) is 19.8 Å². The number of anilines is 2. The lowest BCUT2D eigenvalue weighted by Crippen LogP contribution is -2.23. The summed E-state index contributed by atoms with van der Waals surface area (Å²) in [6.07, 6.45) is 1.22. The minimum absolute atomic E-state index is 0.0281. The molecule has 1 fully saturated rings. The third-order valence-electron chi connectivity index (χ3n) is 3.12. The topological polar surface area (TPSA) is 96.3 Å². The molecule has 0 aromatic heterocycles. The number of carbonyl (C=O) groups is 1. The molecule has 1 aliphatic rings. The van der Waals surface area contributed by atoms with Crippen LogP contribution in [0, 0.1) is 10.1 Å². The van der Waals surface area contributed by atoms with Crippen LogP contribution in [0.2, 0.25) is 0 Å². The van der Waals surface area contributed by atoms with Gasteiger partial charge in [0.2, 0.25) is 5.91 Å². The average Bonchev–Trinajstić information content (AvgIpc) is 2.81. The second kappa shape index (κ2) is 6.23. The summed E-state index contributed by atoms with van der Waals surface area (Å²) in [5.74, 6) is -0.0367. The second-order valence-electron chi connectivity index (χ2n) is 4.74. The molecule has 3 N–H and O–H groups in total. The molecule has 1 saturated heterocycles. The van der Waals surface area contributed by atoms with Crippen molar-refractivity contribution in [2.45, 2.75) is 25.8 Å². The van der Waals surface area contributed by atoms with Gasteiger partial charge in [-0.25, -0.2) is 0 Å². The van der Waals surface area contributed by atoms with Crippen LogP contribution in [0.4, 0.5) is 17.1 Å². The van der Waals surface area contributed by atoms with Gasteiger partial charge >= 0.3 is 5.69 Å². The summed E-state index contributed by atoms with van der Waals surface area (Å²) in [5.41, 5.74) is 0.969. The maximum absolute atomic E-state index is 11.3. The Bertz CT molecular complexity index is 518. The van der Waals surface area contributed by atoms with Crippen LogP contribution < -0.4 is 16.0 Å². The molecule has 7 heteroatoms. The van der Waals surface area contributed by atoms with Gasteiger partial charge < -0.3 is 16.0 Å².